The number of carbonyl (C=O) groups is 1. The second kappa shape index (κ2) is 5.24. The molecule has 1 aromatic heterocycles. The highest BCUT2D eigenvalue weighted by Gasteiger charge is 2.18. The molecule has 0 unspecified atom stereocenters. The van der Waals surface area contributed by atoms with Crippen molar-refractivity contribution in [2.24, 2.45) is 0 Å². The Bertz CT molecular complexity index is 710. The minimum absolute atomic E-state index is 0.152. The molecule has 0 bridgehead atoms. The maximum atomic E-state index is 11.1. The number of rotatable bonds is 4. The molecule has 0 atom stereocenters. The van der Waals surface area contributed by atoms with Gasteiger partial charge < -0.3 is 9.67 Å². The molecule has 0 aliphatic rings. The van der Waals surface area contributed by atoms with Crippen molar-refractivity contribution in [2.45, 2.75) is 6.54 Å². The van der Waals surface area contributed by atoms with Gasteiger partial charge in [0, 0.05) is 12.6 Å². The van der Waals surface area contributed by atoms with Gasteiger partial charge in [-0.1, -0.05) is 12.1 Å². The first kappa shape index (κ1) is 13.3. The lowest BCUT2D eigenvalue weighted by molar-refractivity contribution is -0.384. The maximum absolute atomic E-state index is 11.1. The van der Waals surface area contributed by atoms with Gasteiger partial charge in [0.25, 0.3) is 5.69 Å². The van der Waals surface area contributed by atoms with Crippen molar-refractivity contribution in [3.05, 3.63) is 63.5 Å². The van der Waals surface area contributed by atoms with Crippen LogP contribution in [0, 0.1) is 21.4 Å². The number of aromatic carboxylic acids is 1. The van der Waals surface area contributed by atoms with Crippen LogP contribution < -0.4 is 0 Å². The summed E-state index contributed by atoms with van der Waals surface area (Å²) in [7, 11) is 0. The molecule has 0 aliphatic heterocycles. The van der Waals surface area contributed by atoms with Gasteiger partial charge in [-0.25, -0.2) is 4.79 Å². The summed E-state index contributed by atoms with van der Waals surface area (Å²) < 4.78 is 1.29. The van der Waals surface area contributed by atoms with E-state index < -0.39 is 10.9 Å². The van der Waals surface area contributed by atoms with Gasteiger partial charge in [-0.2, -0.15) is 5.26 Å². The van der Waals surface area contributed by atoms with Crippen molar-refractivity contribution in [1.29, 1.82) is 5.26 Å². The fourth-order valence-corrected chi connectivity index (χ4v) is 1.79. The molecule has 0 aliphatic carbocycles. The number of nitrogens with zero attached hydrogens (tertiary/aromatic N) is 3. The number of nitro groups is 1. The van der Waals surface area contributed by atoms with E-state index in [1.807, 2.05) is 6.07 Å². The Morgan fingerprint density at radius 2 is 2.05 bits per heavy atom. The standard InChI is InChI=1S/C13H9N3O4/c14-6-9-1-3-10(4-2-9)7-15-8-11(16(19)20)5-12(15)13(17)18/h1-5,8H,7H2,(H,17,18). The van der Waals surface area contributed by atoms with E-state index in [2.05, 4.69) is 0 Å². The number of carboxylic acids is 1. The van der Waals surface area contributed by atoms with Crippen molar-refractivity contribution in [1.82, 2.24) is 4.57 Å². The number of hydrogen-bond acceptors (Lipinski definition) is 4. The Morgan fingerprint density at radius 1 is 1.40 bits per heavy atom. The van der Waals surface area contributed by atoms with E-state index in [0.717, 1.165) is 11.6 Å². The third-order valence-corrected chi connectivity index (χ3v) is 2.75. The van der Waals surface area contributed by atoms with Crippen LogP contribution in [0.5, 0.6) is 0 Å². The van der Waals surface area contributed by atoms with Crippen LogP contribution in [0.3, 0.4) is 0 Å². The third-order valence-electron chi connectivity index (χ3n) is 2.75. The molecule has 7 nitrogen and oxygen atoms in total. The lowest BCUT2D eigenvalue weighted by Crippen LogP contribution is -2.08. The van der Waals surface area contributed by atoms with Crippen LogP contribution in [0.1, 0.15) is 21.6 Å². The van der Waals surface area contributed by atoms with E-state index in [9.17, 15) is 14.9 Å². The molecule has 0 saturated carbocycles. The molecule has 1 aromatic carbocycles. The summed E-state index contributed by atoms with van der Waals surface area (Å²) in [5.74, 6) is -1.23. The number of carboxylic acid groups (broad SMARTS) is 1. The van der Waals surface area contributed by atoms with Crippen LogP contribution in [-0.4, -0.2) is 20.6 Å². The topological polar surface area (TPSA) is 109 Å². The number of aromatic nitrogens is 1. The van der Waals surface area contributed by atoms with Crippen molar-refractivity contribution in [3.63, 3.8) is 0 Å². The Balaban J connectivity index is 2.34. The molecule has 100 valence electrons. The van der Waals surface area contributed by atoms with Crippen LogP contribution in [0.4, 0.5) is 5.69 Å². The smallest absolute Gasteiger partial charge is 0.352 e. The highest BCUT2D eigenvalue weighted by molar-refractivity contribution is 5.87. The number of nitriles is 1. The Morgan fingerprint density at radius 3 is 2.55 bits per heavy atom. The lowest BCUT2D eigenvalue weighted by atomic mass is 10.1. The first-order valence-electron chi connectivity index (χ1n) is 5.58. The van der Waals surface area contributed by atoms with Crippen molar-refractivity contribution in [3.8, 4) is 6.07 Å². The second-order valence-corrected chi connectivity index (χ2v) is 4.08. The van der Waals surface area contributed by atoms with Gasteiger partial charge in [-0.3, -0.25) is 10.1 Å². The van der Waals surface area contributed by atoms with Gasteiger partial charge in [-0.15, -0.1) is 0 Å². The van der Waals surface area contributed by atoms with Crippen molar-refractivity contribution < 1.29 is 14.8 Å². The van der Waals surface area contributed by atoms with E-state index in [1.54, 1.807) is 24.3 Å². The Kier molecular flexibility index (Phi) is 3.48. The van der Waals surface area contributed by atoms with Crippen LogP contribution in [0.15, 0.2) is 36.5 Å². The molecule has 0 amide bonds. The van der Waals surface area contributed by atoms with Crippen molar-refractivity contribution in [2.75, 3.05) is 0 Å². The molecule has 0 radical (unpaired) electrons. The molecule has 1 heterocycles. The first-order valence-corrected chi connectivity index (χ1v) is 5.58. The summed E-state index contributed by atoms with van der Waals surface area (Å²) in [5.41, 5.74) is 0.819. The molecule has 7 heteroatoms. The molecule has 2 rings (SSSR count). The summed E-state index contributed by atoms with van der Waals surface area (Å²) in [6, 6.07) is 9.56. The van der Waals surface area contributed by atoms with Crippen LogP contribution >= 0.6 is 0 Å². The molecule has 0 fully saturated rings. The second-order valence-electron chi connectivity index (χ2n) is 4.08. The van der Waals surface area contributed by atoms with Crippen LogP contribution in [-0.2, 0) is 6.54 Å². The van der Waals surface area contributed by atoms with E-state index in [-0.39, 0.29) is 17.9 Å². The van der Waals surface area contributed by atoms with Gasteiger partial charge in [0.1, 0.15) is 5.69 Å². The molecule has 2 aromatic rings. The summed E-state index contributed by atoms with van der Waals surface area (Å²) in [4.78, 5) is 21.1. The summed E-state index contributed by atoms with van der Waals surface area (Å²) >= 11 is 0. The summed E-state index contributed by atoms with van der Waals surface area (Å²) in [5, 5.41) is 28.4. The molecule has 1 N–H and O–H groups in total. The zero-order valence-electron chi connectivity index (χ0n) is 10.2. The minimum atomic E-state index is -1.23. The fourth-order valence-electron chi connectivity index (χ4n) is 1.79. The van der Waals surface area contributed by atoms with Gasteiger partial charge in [0.05, 0.1) is 22.8 Å². The number of benzene rings is 1. The Hall–Kier alpha value is -3.14. The van der Waals surface area contributed by atoms with Crippen molar-refractivity contribution >= 4 is 11.7 Å². The first-order chi connectivity index (χ1) is 9.51. The highest BCUT2D eigenvalue weighted by Crippen LogP contribution is 2.18. The van der Waals surface area contributed by atoms with Crippen LogP contribution in [0.2, 0.25) is 0 Å². The summed E-state index contributed by atoms with van der Waals surface area (Å²) in [6.07, 6.45) is 1.18. The predicted molar refractivity (Wildman–Crippen MR) is 68.3 cm³/mol. The van der Waals surface area contributed by atoms with Gasteiger partial charge in [0.2, 0.25) is 0 Å². The van der Waals surface area contributed by atoms with Gasteiger partial charge >= 0.3 is 5.97 Å². The summed E-state index contributed by atoms with van der Waals surface area (Å²) in [6.45, 7) is 0.182. The minimum Gasteiger partial charge on any atom is -0.477 e. The van der Waals surface area contributed by atoms with E-state index in [1.165, 1.54) is 10.8 Å². The quantitative estimate of drug-likeness (QED) is 0.675. The average Bonchev–Trinajstić information content (AvgIpc) is 2.84. The van der Waals surface area contributed by atoms with E-state index >= 15 is 0 Å². The lowest BCUT2D eigenvalue weighted by Gasteiger charge is -2.05. The van der Waals surface area contributed by atoms with Crippen LogP contribution in [0.25, 0.3) is 0 Å². The largest absolute Gasteiger partial charge is 0.477 e. The maximum Gasteiger partial charge on any atom is 0.352 e. The average molecular weight is 271 g/mol. The molecular weight excluding hydrogens is 262 g/mol. The zero-order valence-corrected chi connectivity index (χ0v) is 10.2. The molecule has 0 spiro atoms. The van der Waals surface area contributed by atoms with Gasteiger partial charge in [-0.05, 0) is 17.7 Å². The fraction of sp³-hybridized carbons (Fsp3) is 0.0769. The predicted octanol–water partition coefficient (Wildman–Crippen LogP) is 2.01. The molecule has 20 heavy (non-hydrogen) atoms. The van der Waals surface area contributed by atoms with Gasteiger partial charge in [0.15, 0.2) is 0 Å². The van der Waals surface area contributed by atoms with E-state index in [4.69, 9.17) is 10.4 Å². The molecule has 0 saturated heterocycles. The Labute approximate surface area is 113 Å². The zero-order chi connectivity index (χ0) is 14.7. The third kappa shape index (κ3) is 2.64. The van der Waals surface area contributed by atoms with E-state index in [0.29, 0.717) is 5.56 Å². The highest BCUT2D eigenvalue weighted by atomic mass is 16.6. The molecular formula is C13H9N3O4. The normalized spacial score (nSPS) is 9.95. The monoisotopic (exact) mass is 271 g/mol. The number of hydrogen-bond donors (Lipinski definition) is 1. The SMILES string of the molecule is N#Cc1ccc(Cn2cc([N+](=O)[O-])cc2C(=O)O)cc1.